The van der Waals surface area contributed by atoms with Crippen molar-refractivity contribution in [3.63, 3.8) is 0 Å². The fraction of sp³-hybridized carbons (Fsp3) is 0.385. The van der Waals surface area contributed by atoms with Crippen LogP contribution in [-0.2, 0) is 0 Å². The Morgan fingerprint density at radius 3 is 2.74 bits per heavy atom. The lowest BCUT2D eigenvalue weighted by Gasteiger charge is -2.28. The molecule has 19 heavy (non-hydrogen) atoms. The summed E-state index contributed by atoms with van der Waals surface area (Å²) in [4.78, 5) is 12.3. The Balaban J connectivity index is 3.05. The minimum atomic E-state index is -0.880. The van der Waals surface area contributed by atoms with Gasteiger partial charge in [0.1, 0.15) is 0 Å². The van der Waals surface area contributed by atoms with Crippen LogP contribution < -0.4 is 11.1 Å². The Morgan fingerprint density at radius 1 is 1.58 bits per heavy atom. The van der Waals surface area contributed by atoms with Crippen molar-refractivity contribution < 1.29 is 10.0 Å². The number of hydrogen-bond donors (Lipinski definition) is 3. The number of carbonyl (C=O) groups excluding carboxylic acids is 1. The monoisotopic (exact) mass is 327 g/mol. The van der Waals surface area contributed by atoms with Crippen molar-refractivity contribution in [2.45, 2.75) is 32.7 Å². The summed E-state index contributed by atoms with van der Waals surface area (Å²) in [6.45, 7) is 5.47. The predicted octanol–water partition coefficient (Wildman–Crippen LogP) is 2.40. The number of halogens is 1. The zero-order valence-electron chi connectivity index (χ0n) is 11.2. The molecule has 0 spiro atoms. The zero-order chi connectivity index (χ0) is 14.6. The van der Waals surface area contributed by atoms with Crippen LogP contribution in [0, 0.1) is 6.92 Å². The molecule has 1 aromatic carbocycles. The molecule has 1 unspecified atom stereocenters. The van der Waals surface area contributed by atoms with Gasteiger partial charge in [0.05, 0.1) is 11.1 Å². The number of nitrogens with zero attached hydrogens (tertiary/aromatic N) is 1. The normalized spacial score (nSPS) is 14.8. The van der Waals surface area contributed by atoms with E-state index in [4.69, 9.17) is 10.9 Å². The maximum Gasteiger partial charge on any atom is 0.253 e. The van der Waals surface area contributed by atoms with E-state index in [1.807, 2.05) is 26.0 Å². The number of benzene rings is 1. The number of hydrogen-bond acceptors (Lipinski definition) is 3. The van der Waals surface area contributed by atoms with Crippen LogP contribution in [0.4, 0.5) is 0 Å². The van der Waals surface area contributed by atoms with E-state index in [1.165, 1.54) is 0 Å². The van der Waals surface area contributed by atoms with Crippen molar-refractivity contribution in [1.29, 1.82) is 0 Å². The van der Waals surface area contributed by atoms with Gasteiger partial charge in [-0.1, -0.05) is 23.7 Å². The lowest BCUT2D eigenvalue weighted by atomic mass is 9.96. The van der Waals surface area contributed by atoms with Crippen molar-refractivity contribution in [2.24, 2.45) is 10.9 Å². The molecule has 0 radical (unpaired) electrons. The number of aryl methyl sites for hydroxylation is 1. The summed E-state index contributed by atoms with van der Waals surface area (Å²) >= 11 is 3.34. The van der Waals surface area contributed by atoms with Crippen LogP contribution in [0.15, 0.2) is 27.8 Å². The molecule has 1 atom stereocenters. The molecule has 104 valence electrons. The van der Waals surface area contributed by atoms with Gasteiger partial charge in [-0.05, 0) is 48.3 Å². The van der Waals surface area contributed by atoms with E-state index in [0.29, 0.717) is 16.5 Å². The molecule has 0 heterocycles. The SMILES string of the molecule is CCC(C)(NC(=O)c1cc(C)ccc1Br)/C(N)=N/O. The fourth-order valence-corrected chi connectivity index (χ4v) is 2.00. The van der Waals surface area contributed by atoms with E-state index in [9.17, 15) is 4.79 Å². The van der Waals surface area contributed by atoms with E-state index < -0.39 is 5.54 Å². The first kappa shape index (κ1) is 15.5. The molecule has 1 aromatic rings. The minimum Gasteiger partial charge on any atom is -0.409 e. The highest BCUT2D eigenvalue weighted by molar-refractivity contribution is 9.10. The lowest BCUT2D eigenvalue weighted by molar-refractivity contribution is 0.0924. The summed E-state index contributed by atoms with van der Waals surface area (Å²) < 4.78 is 0.702. The van der Waals surface area contributed by atoms with Crippen LogP contribution in [0.2, 0.25) is 0 Å². The van der Waals surface area contributed by atoms with E-state index in [0.717, 1.165) is 5.56 Å². The third-order valence-corrected chi connectivity index (χ3v) is 3.83. The molecule has 4 N–H and O–H groups in total. The molecule has 0 saturated carbocycles. The second-order valence-corrected chi connectivity index (χ2v) is 5.46. The first-order chi connectivity index (χ1) is 8.84. The van der Waals surface area contributed by atoms with Crippen LogP contribution in [0.1, 0.15) is 36.2 Å². The van der Waals surface area contributed by atoms with Gasteiger partial charge in [0.2, 0.25) is 0 Å². The summed E-state index contributed by atoms with van der Waals surface area (Å²) in [5.74, 6) is -0.293. The summed E-state index contributed by atoms with van der Waals surface area (Å²) in [6, 6.07) is 5.50. The Morgan fingerprint density at radius 2 is 2.21 bits per heavy atom. The maximum atomic E-state index is 12.3. The molecule has 0 fully saturated rings. The molecule has 0 saturated heterocycles. The van der Waals surface area contributed by atoms with Crippen LogP contribution >= 0.6 is 15.9 Å². The minimum absolute atomic E-state index is 0.0212. The largest absolute Gasteiger partial charge is 0.409 e. The van der Waals surface area contributed by atoms with Gasteiger partial charge < -0.3 is 16.3 Å². The summed E-state index contributed by atoms with van der Waals surface area (Å²) in [7, 11) is 0. The molecule has 0 aliphatic carbocycles. The van der Waals surface area contributed by atoms with E-state index >= 15 is 0 Å². The number of oxime groups is 1. The molecular formula is C13H18BrN3O2. The van der Waals surface area contributed by atoms with Gasteiger partial charge >= 0.3 is 0 Å². The molecule has 0 aliphatic rings. The number of nitrogens with one attached hydrogen (secondary N) is 1. The van der Waals surface area contributed by atoms with Crippen molar-refractivity contribution in [2.75, 3.05) is 0 Å². The lowest BCUT2D eigenvalue weighted by Crippen LogP contribution is -2.55. The summed E-state index contributed by atoms with van der Waals surface area (Å²) in [6.07, 6.45) is 0.512. The smallest absolute Gasteiger partial charge is 0.253 e. The molecule has 5 nitrogen and oxygen atoms in total. The first-order valence-electron chi connectivity index (χ1n) is 5.90. The van der Waals surface area contributed by atoms with Crippen LogP contribution in [0.3, 0.4) is 0 Å². The number of amides is 1. The zero-order valence-corrected chi connectivity index (χ0v) is 12.8. The van der Waals surface area contributed by atoms with Crippen molar-refractivity contribution in [3.8, 4) is 0 Å². The maximum absolute atomic E-state index is 12.3. The summed E-state index contributed by atoms with van der Waals surface area (Å²) in [5, 5.41) is 14.6. The topological polar surface area (TPSA) is 87.7 Å². The van der Waals surface area contributed by atoms with Crippen LogP contribution in [0.5, 0.6) is 0 Å². The molecule has 0 aromatic heterocycles. The van der Waals surface area contributed by atoms with Gasteiger partial charge in [-0.2, -0.15) is 0 Å². The van der Waals surface area contributed by atoms with Crippen molar-refractivity contribution in [3.05, 3.63) is 33.8 Å². The van der Waals surface area contributed by atoms with Gasteiger partial charge in [0.15, 0.2) is 5.84 Å². The molecule has 6 heteroatoms. The molecule has 1 amide bonds. The Hall–Kier alpha value is -1.56. The van der Waals surface area contributed by atoms with Gasteiger partial charge in [0, 0.05) is 4.47 Å². The second kappa shape index (κ2) is 6.06. The van der Waals surface area contributed by atoms with Crippen molar-refractivity contribution >= 4 is 27.7 Å². The molecule has 1 rings (SSSR count). The third kappa shape index (κ3) is 3.47. The third-order valence-electron chi connectivity index (χ3n) is 3.14. The molecule has 0 aliphatic heterocycles. The highest BCUT2D eigenvalue weighted by atomic mass is 79.9. The first-order valence-corrected chi connectivity index (χ1v) is 6.70. The van der Waals surface area contributed by atoms with Gasteiger partial charge in [-0.15, -0.1) is 0 Å². The standard InChI is InChI=1S/C13H18BrN3O2/c1-4-13(3,12(15)17-19)16-11(18)9-7-8(2)5-6-10(9)14/h5-7,19H,4H2,1-3H3,(H2,15,17)(H,16,18). The highest BCUT2D eigenvalue weighted by Gasteiger charge is 2.30. The van der Waals surface area contributed by atoms with E-state index in [-0.39, 0.29) is 11.7 Å². The van der Waals surface area contributed by atoms with E-state index in [1.54, 1.807) is 13.0 Å². The average Bonchev–Trinajstić information content (AvgIpc) is 2.40. The predicted molar refractivity (Wildman–Crippen MR) is 78.5 cm³/mol. The fourth-order valence-electron chi connectivity index (χ4n) is 1.57. The molecule has 0 bridgehead atoms. The number of rotatable bonds is 4. The van der Waals surface area contributed by atoms with Crippen LogP contribution in [0.25, 0.3) is 0 Å². The van der Waals surface area contributed by atoms with Gasteiger partial charge in [-0.25, -0.2) is 0 Å². The number of amidine groups is 1. The second-order valence-electron chi connectivity index (χ2n) is 4.61. The number of nitrogens with two attached hydrogens (primary N) is 1. The highest BCUT2D eigenvalue weighted by Crippen LogP contribution is 2.19. The average molecular weight is 328 g/mol. The van der Waals surface area contributed by atoms with Crippen molar-refractivity contribution in [1.82, 2.24) is 5.32 Å². The Bertz CT molecular complexity index is 517. The Labute approximate surface area is 121 Å². The Kier molecular flexibility index (Phi) is 4.94. The quantitative estimate of drug-likeness (QED) is 0.343. The van der Waals surface area contributed by atoms with Crippen LogP contribution in [-0.4, -0.2) is 22.5 Å². The summed E-state index contributed by atoms with van der Waals surface area (Å²) in [5.41, 5.74) is 6.25. The number of carbonyl (C=O) groups is 1. The molecular weight excluding hydrogens is 310 g/mol. The van der Waals surface area contributed by atoms with Gasteiger partial charge in [0.25, 0.3) is 5.91 Å². The van der Waals surface area contributed by atoms with E-state index in [2.05, 4.69) is 26.4 Å². The van der Waals surface area contributed by atoms with Gasteiger partial charge in [-0.3, -0.25) is 4.79 Å².